The lowest BCUT2D eigenvalue weighted by Gasteiger charge is -2.25. The van der Waals surface area contributed by atoms with Crippen LogP contribution in [0.5, 0.6) is 0 Å². The third kappa shape index (κ3) is 8.25. The van der Waals surface area contributed by atoms with Crippen molar-refractivity contribution in [3.8, 4) is 0 Å². The molecule has 1 aliphatic rings. The van der Waals surface area contributed by atoms with E-state index in [2.05, 4.69) is 17.4 Å². The number of likely N-dealkylation sites (tertiary alicyclic amines) is 1. The summed E-state index contributed by atoms with van der Waals surface area (Å²) in [5.74, 6) is -0.581. The van der Waals surface area contributed by atoms with Gasteiger partial charge in [-0.1, -0.05) is 43.2 Å². The van der Waals surface area contributed by atoms with Crippen molar-refractivity contribution >= 4 is 29.3 Å². The molecule has 7 heteroatoms. The number of nitrogens with one attached hydrogen (secondary N) is 1. The second kappa shape index (κ2) is 12.3. The fourth-order valence-electron chi connectivity index (χ4n) is 3.36. The van der Waals surface area contributed by atoms with Gasteiger partial charge in [0.15, 0.2) is 0 Å². The summed E-state index contributed by atoms with van der Waals surface area (Å²) >= 11 is 5.24. The SMILES string of the molecule is O=C(O)CCCCCCN1C(=O)CC[C@@H]1COC(=S)NCCc1ccccc1. The second-order valence-electron chi connectivity index (χ2n) is 7.10. The van der Waals surface area contributed by atoms with Crippen LogP contribution in [0.3, 0.4) is 0 Å². The number of carboxylic acids is 1. The maximum atomic E-state index is 12.1. The molecule has 154 valence electrons. The summed E-state index contributed by atoms with van der Waals surface area (Å²) < 4.78 is 5.67. The quantitative estimate of drug-likeness (QED) is 0.410. The zero-order valence-electron chi connectivity index (χ0n) is 16.3. The Labute approximate surface area is 172 Å². The van der Waals surface area contributed by atoms with Gasteiger partial charge in [-0.25, -0.2) is 0 Å². The van der Waals surface area contributed by atoms with E-state index in [0.717, 1.165) is 32.1 Å². The highest BCUT2D eigenvalue weighted by Gasteiger charge is 2.30. The fourth-order valence-corrected chi connectivity index (χ4v) is 3.53. The highest BCUT2D eigenvalue weighted by Crippen LogP contribution is 2.20. The summed E-state index contributed by atoms with van der Waals surface area (Å²) in [7, 11) is 0. The second-order valence-corrected chi connectivity index (χ2v) is 7.47. The van der Waals surface area contributed by atoms with Gasteiger partial charge in [0.05, 0.1) is 6.04 Å². The van der Waals surface area contributed by atoms with Gasteiger partial charge >= 0.3 is 5.97 Å². The molecule has 0 bridgehead atoms. The number of carboxylic acid groups (broad SMARTS) is 1. The Hall–Kier alpha value is -2.15. The minimum absolute atomic E-state index is 0.0698. The molecule has 1 atom stereocenters. The third-order valence-electron chi connectivity index (χ3n) is 4.92. The predicted molar refractivity (Wildman–Crippen MR) is 112 cm³/mol. The molecule has 1 heterocycles. The number of carbonyl (C=O) groups is 2. The largest absolute Gasteiger partial charge is 0.481 e. The van der Waals surface area contributed by atoms with Gasteiger partial charge in [0.2, 0.25) is 5.91 Å². The van der Waals surface area contributed by atoms with E-state index >= 15 is 0 Å². The number of nitrogens with zero attached hydrogens (tertiary/aromatic N) is 1. The first-order chi connectivity index (χ1) is 13.6. The van der Waals surface area contributed by atoms with E-state index in [1.807, 2.05) is 23.1 Å². The van der Waals surface area contributed by atoms with Crippen molar-refractivity contribution < 1.29 is 19.4 Å². The van der Waals surface area contributed by atoms with Gasteiger partial charge < -0.3 is 20.1 Å². The molecule has 1 fully saturated rings. The molecule has 0 radical (unpaired) electrons. The lowest BCUT2D eigenvalue weighted by molar-refractivity contribution is -0.137. The number of ether oxygens (including phenoxy) is 1. The van der Waals surface area contributed by atoms with E-state index in [9.17, 15) is 9.59 Å². The Kier molecular flexibility index (Phi) is 9.76. The average Bonchev–Trinajstić information content (AvgIpc) is 3.03. The van der Waals surface area contributed by atoms with E-state index in [1.165, 1.54) is 5.56 Å². The van der Waals surface area contributed by atoms with Crippen LogP contribution in [0, 0.1) is 0 Å². The lowest BCUT2D eigenvalue weighted by Crippen LogP contribution is -2.38. The average molecular weight is 407 g/mol. The van der Waals surface area contributed by atoms with Crippen molar-refractivity contribution in [3.63, 3.8) is 0 Å². The Balaban J connectivity index is 1.61. The summed E-state index contributed by atoms with van der Waals surface area (Å²) in [4.78, 5) is 24.5. The number of rotatable bonds is 12. The van der Waals surface area contributed by atoms with E-state index in [1.54, 1.807) is 0 Å². The number of amides is 1. The van der Waals surface area contributed by atoms with Gasteiger partial charge in [0.1, 0.15) is 6.61 Å². The van der Waals surface area contributed by atoms with Crippen molar-refractivity contribution in [2.75, 3.05) is 19.7 Å². The molecule has 0 saturated carbocycles. The third-order valence-corrected chi connectivity index (χ3v) is 5.19. The molecule has 1 aromatic carbocycles. The highest BCUT2D eigenvalue weighted by atomic mass is 32.1. The predicted octanol–water partition coefficient (Wildman–Crippen LogP) is 3.15. The molecule has 6 nitrogen and oxygen atoms in total. The van der Waals surface area contributed by atoms with E-state index in [-0.39, 0.29) is 18.4 Å². The molecule has 2 rings (SSSR count). The minimum Gasteiger partial charge on any atom is -0.481 e. The summed E-state index contributed by atoms with van der Waals surface area (Å²) in [6, 6.07) is 10.3. The highest BCUT2D eigenvalue weighted by molar-refractivity contribution is 7.80. The number of thiocarbonyl (C=S) groups is 1. The Bertz CT molecular complexity index is 639. The topological polar surface area (TPSA) is 78.9 Å². The Morgan fingerprint density at radius 1 is 1.21 bits per heavy atom. The first-order valence-corrected chi connectivity index (χ1v) is 10.4. The molecule has 1 saturated heterocycles. The zero-order valence-corrected chi connectivity index (χ0v) is 17.1. The molecule has 0 spiro atoms. The van der Waals surface area contributed by atoms with Gasteiger partial charge in [-0.2, -0.15) is 0 Å². The first kappa shape index (κ1) is 22.1. The molecule has 1 amide bonds. The van der Waals surface area contributed by atoms with Crippen LogP contribution >= 0.6 is 12.2 Å². The van der Waals surface area contributed by atoms with E-state index < -0.39 is 5.97 Å². The maximum absolute atomic E-state index is 12.1. The number of hydrogen-bond acceptors (Lipinski definition) is 4. The number of unbranched alkanes of at least 4 members (excludes halogenated alkanes) is 3. The summed E-state index contributed by atoms with van der Waals surface area (Å²) in [5, 5.41) is 12.1. The van der Waals surface area contributed by atoms with Gasteiger partial charge in [-0.3, -0.25) is 9.59 Å². The maximum Gasteiger partial charge on any atom is 0.303 e. The van der Waals surface area contributed by atoms with Gasteiger partial charge in [0.25, 0.3) is 5.17 Å². The van der Waals surface area contributed by atoms with Crippen LogP contribution in [-0.2, 0) is 20.7 Å². The van der Waals surface area contributed by atoms with Crippen molar-refractivity contribution in [1.82, 2.24) is 10.2 Å². The van der Waals surface area contributed by atoms with Gasteiger partial charge in [0, 0.05) is 25.9 Å². The van der Waals surface area contributed by atoms with Crippen LogP contribution in [0.4, 0.5) is 0 Å². The van der Waals surface area contributed by atoms with E-state index in [4.69, 9.17) is 22.1 Å². The van der Waals surface area contributed by atoms with Crippen molar-refractivity contribution in [2.45, 2.75) is 57.4 Å². The molecule has 2 N–H and O–H groups in total. The van der Waals surface area contributed by atoms with Gasteiger partial charge in [-0.15, -0.1) is 0 Å². The molecule has 0 unspecified atom stereocenters. The van der Waals surface area contributed by atoms with Crippen LogP contribution in [-0.4, -0.2) is 52.8 Å². The Morgan fingerprint density at radius 2 is 1.96 bits per heavy atom. The summed E-state index contributed by atoms with van der Waals surface area (Å²) in [6.07, 6.45) is 5.84. The minimum atomic E-state index is -0.750. The van der Waals surface area contributed by atoms with Crippen molar-refractivity contribution in [3.05, 3.63) is 35.9 Å². The molecule has 1 aliphatic heterocycles. The van der Waals surface area contributed by atoms with Crippen molar-refractivity contribution in [2.24, 2.45) is 0 Å². The zero-order chi connectivity index (χ0) is 20.2. The normalized spacial score (nSPS) is 16.2. The number of aliphatic carboxylic acids is 1. The summed E-state index contributed by atoms with van der Waals surface area (Å²) in [5.41, 5.74) is 1.24. The van der Waals surface area contributed by atoms with Crippen LogP contribution in [0.25, 0.3) is 0 Å². The Morgan fingerprint density at radius 3 is 2.71 bits per heavy atom. The van der Waals surface area contributed by atoms with E-state index in [0.29, 0.717) is 37.7 Å². The molecule has 0 aliphatic carbocycles. The molecule has 28 heavy (non-hydrogen) atoms. The number of benzene rings is 1. The molecule has 1 aromatic rings. The van der Waals surface area contributed by atoms with Crippen LogP contribution in [0.2, 0.25) is 0 Å². The van der Waals surface area contributed by atoms with Crippen LogP contribution in [0.15, 0.2) is 30.3 Å². The standard InChI is InChI=1S/C21H30N2O4S/c24-19-12-11-18(23(19)15-7-2-1-6-10-20(25)26)16-27-21(28)22-14-13-17-8-4-3-5-9-17/h3-5,8-9,18H,1-2,6-7,10-16H2,(H,22,28)(H,25,26)/t18-/m1/s1. The lowest BCUT2D eigenvalue weighted by atomic mass is 10.1. The van der Waals surface area contributed by atoms with Crippen LogP contribution < -0.4 is 5.32 Å². The van der Waals surface area contributed by atoms with Crippen LogP contribution in [0.1, 0.15) is 50.5 Å². The fraction of sp³-hybridized carbons (Fsp3) is 0.571. The van der Waals surface area contributed by atoms with Crippen molar-refractivity contribution in [1.29, 1.82) is 0 Å². The summed E-state index contributed by atoms with van der Waals surface area (Å²) in [6.45, 7) is 1.84. The number of hydrogen-bond donors (Lipinski definition) is 2. The molecule has 0 aromatic heterocycles. The first-order valence-electron chi connectivity index (χ1n) is 10.0. The van der Waals surface area contributed by atoms with Gasteiger partial charge in [-0.05, 0) is 43.5 Å². The number of carbonyl (C=O) groups excluding carboxylic acids is 1. The molecular weight excluding hydrogens is 376 g/mol. The monoisotopic (exact) mass is 406 g/mol. The smallest absolute Gasteiger partial charge is 0.303 e. The molecular formula is C21H30N2O4S.